The number of allylic oxidation sites excluding steroid dienone is 2. The van der Waals surface area contributed by atoms with E-state index in [-0.39, 0.29) is 42.4 Å². The number of hydrogen-bond acceptors (Lipinski definition) is 6. The van der Waals surface area contributed by atoms with E-state index in [0.717, 1.165) is 24.8 Å². The van der Waals surface area contributed by atoms with E-state index in [1.165, 1.54) is 5.57 Å². The van der Waals surface area contributed by atoms with Crippen molar-refractivity contribution in [2.24, 2.45) is 5.92 Å². The summed E-state index contributed by atoms with van der Waals surface area (Å²) >= 11 is 0. The monoisotopic (exact) mass is 444 g/mol. The van der Waals surface area contributed by atoms with Crippen molar-refractivity contribution in [3.05, 3.63) is 29.5 Å². The first kappa shape index (κ1) is 24.2. The molecule has 32 heavy (non-hydrogen) atoms. The zero-order valence-electron chi connectivity index (χ0n) is 19.9. The summed E-state index contributed by atoms with van der Waals surface area (Å²) in [5.74, 6) is 0.0465. The van der Waals surface area contributed by atoms with Crippen LogP contribution in [-0.4, -0.2) is 96.1 Å². The van der Waals surface area contributed by atoms with E-state index in [2.05, 4.69) is 11.1 Å². The normalized spacial score (nSPS) is 22.0. The van der Waals surface area contributed by atoms with E-state index in [1.54, 1.807) is 23.0 Å². The number of nitrogens with zero attached hydrogens (tertiary/aromatic N) is 4. The van der Waals surface area contributed by atoms with Crippen LogP contribution in [0.3, 0.4) is 0 Å². The molecule has 3 atom stereocenters. The summed E-state index contributed by atoms with van der Waals surface area (Å²) in [4.78, 5) is 35.7. The van der Waals surface area contributed by atoms with Crippen LogP contribution in [0, 0.1) is 5.92 Å². The number of hydrogen-bond donors (Lipinski definition) is 1. The van der Waals surface area contributed by atoms with Gasteiger partial charge in [0.25, 0.3) is 5.91 Å². The molecule has 0 spiro atoms. The van der Waals surface area contributed by atoms with Gasteiger partial charge in [-0.25, -0.2) is 4.98 Å². The van der Waals surface area contributed by atoms with Crippen LogP contribution in [0.4, 0.5) is 0 Å². The van der Waals surface area contributed by atoms with Gasteiger partial charge in [-0.15, -0.1) is 0 Å². The first-order valence-corrected chi connectivity index (χ1v) is 11.4. The smallest absolute Gasteiger partial charge is 0.259 e. The van der Waals surface area contributed by atoms with Crippen LogP contribution in [0.2, 0.25) is 0 Å². The van der Waals surface area contributed by atoms with Gasteiger partial charge in [-0.2, -0.15) is 0 Å². The van der Waals surface area contributed by atoms with Gasteiger partial charge >= 0.3 is 0 Å². The number of rotatable bonds is 7. The van der Waals surface area contributed by atoms with Gasteiger partial charge in [0.1, 0.15) is 11.7 Å². The number of ether oxygens (including phenoxy) is 1. The lowest BCUT2D eigenvalue weighted by atomic mass is 9.99. The second kappa shape index (κ2) is 10.4. The highest BCUT2D eigenvalue weighted by atomic mass is 16.5. The van der Waals surface area contributed by atoms with Gasteiger partial charge in [-0.05, 0) is 57.5 Å². The number of aliphatic hydroxyl groups excluding tert-OH is 1. The van der Waals surface area contributed by atoms with E-state index >= 15 is 0 Å². The molecule has 0 saturated carbocycles. The lowest BCUT2D eigenvalue weighted by Gasteiger charge is -2.37. The molecule has 2 aliphatic rings. The zero-order valence-corrected chi connectivity index (χ0v) is 19.9. The largest absolute Gasteiger partial charge is 0.472 e. The van der Waals surface area contributed by atoms with Gasteiger partial charge in [-0.1, -0.05) is 13.0 Å². The number of fused-ring (bicyclic) bond motifs is 1. The molecule has 0 radical (unpaired) electrons. The van der Waals surface area contributed by atoms with Crippen LogP contribution in [0.5, 0.6) is 5.88 Å². The molecule has 2 heterocycles. The fraction of sp³-hybridized carbons (Fsp3) is 0.625. The Morgan fingerprint density at radius 1 is 1.38 bits per heavy atom. The maximum Gasteiger partial charge on any atom is 0.259 e. The number of likely N-dealkylation sites (N-methyl/N-ethyl adjacent to an activating group) is 2. The number of aliphatic hydroxyl groups is 1. The summed E-state index contributed by atoms with van der Waals surface area (Å²) in [6.45, 7) is 4.84. The van der Waals surface area contributed by atoms with Gasteiger partial charge in [0.05, 0.1) is 25.7 Å². The molecule has 1 aliphatic heterocycles. The molecule has 1 aromatic rings. The van der Waals surface area contributed by atoms with Crippen molar-refractivity contribution in [3.63, 3.8) is 0 Å². The van der Waals surface area contributed by atoms with Crippen molar-refractivity contribution in [1.29, 1.82) is 0 Å². The van der Waals surface area contributed by atoms with Gasteiger partial charge < -0.3 is 24.5 Å². The summed E-state index contributed by atoms with van der Waals surface area (Å²) in [7, 11) is 5.49. The summed E-state index contributed by atoms with van der Waals surface area (Å²) in [6.07, 6.45) is 6.75. The summed E-state index contributed by atoms with van der Waals surface area (Å²) in [5, 5.41) is 9.79. The maximum absolute atomic E-state index is 13.5. The van der Waals surface area contributed by atoms with Crippen LogP contribution < -0.4 is 4.74 Å². The summed E-state index contributed by atoms with van der Waals surface area (Å²) in [6, 6.07) is 1.53. The Labute approximate surface area is 190 Å². The van der Waals surface area contributed by atoms with E-state index in [0.29, 0.717) is 25.2 Å². The average molecular weight is 445 g/mol. The van der Waals surface area contributed by atoms with Crippen molar-refractivity contribution < 1.29 is 19.4 Å². The Morgan fingerprint density at radius 2 is 2.12 bits per heavy atom. The van der Waals surface area contributed by atoms with Crippen LogP contribution in [0.15, 0.2) is 18.3 Å². The van der Waals surface area contributed by atoms with Crippen molar-refractivity contribution in [2.75, 3.05) is 47.4 Å². The van der Waals surface area contributed by atoms with Gasteiger partial charge in [0.15, 0.2) is 0 Å². The van der Waals surface area contributed by atoms with Crippen molar-refractivity contribution >= 4 is 17.4 Å². The molecule has 3 rings (SSSR count). The minimum absolute atomic E-state index is 0.00113. The average Bonchev–Trinajstić information content (AvgIpc) is 3.29. The van der Waals surface area contributed by atoms with E-state index < -0.39 is 0 Å². The molecule has 0 fully saturated rings. The molecule has 0 bridgehead atoms. The molecule has 2 amide bonds. The second-order valence-electron chi connectivity index (χ2n) is 9.33. The molecule has 1 aliphatic carbocycles. The van der Waals surface area contributed by atoms with Crippen LogP contribution in [0.25, 0.3) is 5.57 Å². The standard InChI is InChI=1S/C24H36N4O4/c1-16-12-28(17(2)15-29)24(31)20-10-19(18-8-6-7-9-18)11-25-23(20)32-21(16)13-27(5)22(30)14-26(3)4/h8,10-11,16-17,21,29H,6-7,9,12-15H2,1-5H3/t16-,17+,21-/m0/s1. The molecule has 1 N–H and O–H groups in total. The molecular weight excluding hydrogens is 408 g/mol. The Morgan fingerprint density at radius 3 is 2.75 bits per heavy atom. The number of amides is 2. The van der Waals surface area contributed by atoms with Crippen molar-refractivity contribution in [3.8, 4) is 5.88 Å². The third kappa shape index (κ3) is 5.48. The van der Waals surface area contributed by atoms with Crippen LogP contribution in [0.1, 0.15) is 49.0 Å². The summed E-state index contributed by atoms with van der Waals surface area (Å²) < 4.78 is 6.28. The molecule has 1 aromatic heterocycles. The molecule has 8 heteroatoms. The highest BCUT2D eigenvalue weighted by Gasteiger charge is 2.35. The minimum atomic E-state index is -0.338. The molecule has 0 unspecified atom stereocenters. The maximum atomic E-state index is 13.5. The Bertz CT molecular complexity index is 870. The third-order valence-corrected chi connectivity index (χ3v) is 6.26. The topological polar surface area (TPSA) is 86.2 Å². The molecule has 176 valence electrons. The predicted octanol–water partition coefficient (Wildman–Crippen LogP) is 1.89. The highest BCUT2D eigenvalue weighted by Crippen LogP contribution is 2.32. The second-order valence-corrected chi connectivity index (χ2v) is 9.33. The SMILES string of the molecule is C[C@H](CO)N1C[C@H](C)[C@H](CN(C)C(=O)CN(C)C)Oc2ncc(C3=CCCC3)cc2C1=O. The van der Waals surface area contributed by atoms with Crippen LogP contribution in [-0.2, 0) is 4.79 Å². The number of carbonyl (C=O) groups excluding carboxylic acids is 2. The highest BCUT2D eigenvalue weighted by molar-refractivity contribution is 5.97. The number of carbonyl (C=O) groups is 2. The quantitative estimate of drug-likeness (QED) is 0.691. The van der Waals surface area contributed by atoms with Crippen LogP contribution >= 0.6 is 0 Å². The fourth-order valence-corrected chi connectivity index (χ4v) is 4.19. The predicted molar refractivity (Wildman–Crippen MR) is 123 cm³/mol. The van der Waals surface area contributed by atoms with E-state index in [9.17, 15) is 14.7 Å². The molecule has 8 nitrogen and oxygen atoms in total. The number of aromatic nitrogens is 1. The van der Waals surface area contributed by atoms with E-state index in [1.807, 2.05) is 38.9 Å². The van der Waals surface area contributed by atoms with Crippen molar-refractivity contribution in [1.82, 2.24) is 19.7 Å². The third-order valence-electron chi connectivity index (χ3n) is 6.26. The zero-order chi connectivity index (χ0) is 23.4. The lowest BCUT2D eigenvalue weighted by molar-refractivity contribution is -0.132. The molecular formula is C24H36N4O4. The van der Waals surface area contributed by atoms with Gasteiger partial charge in [0.2, 0.25) is 11.8 Å². The first-order chi connectivity index (χ1) is 15.2. The first-order valence-electron chi connectivity index (χ1n) is 11.4. The van der Waals surface area contributed by atoms with Gasteiger partial charge in [-0.3, -0.25) is 9.59 Å². The Hall–Kier alpha value is -2.45. The van der Waals surface area contributed by atoms with E-state index in [4.69, 9.17) is 4.74 Å². The van der Waals surface area contributed by atoms with Gasteiger partial charge in [0, 0.05) is 25.7 Å². The minimum Gasteiger partial charge on any atom is -0.472 e. The number of pyridine rings is 1. The van der Waals surface area contributed by atoms with Crippen molar-refractivity contribution in [2.45, 2.75) is 45.3 Å². The summed E-state index contributed by atoms with van der Waals surface area (Å²) in [5.41, 5.74) is 2.56. The Kier molecular flexibility index (Phi) is 7.90. The lowest BCUT2D eigenvalue weighted by Crippen LogP contribution is -2.51. The Balaban J connectivity index is 1.94. The fourth-order valence-electron chi connectivity index (χ4n) is 4.19. The molecule has 0 aromatic carbocycles. The molecule has 0 saturated heterocycles.